The summed E-state index contributed by atoms with van der Waals surface area (Å²) in [6.07, 6.45) is 65.2. The van der Waals surface area contributed by atoms with Gasteiger partial charge >= 0.3 is 17.9 Å². The van der Waals surface area contributed by atoms with E-state index >= 15 is 0 Å². The summed E-state index contributed by atoms with van der Waals surface area (Å²) < 4.78 is 16.8. The zero-order chi connectivity index (χ0) is 47.2. The quantitative estimate of drug-likeness (QED) is 0.0262. The Morgan fingerprint density at radius 1 is 0.323 bits per heavy atom. The SMILES string of the molecule is CC/C=C/C/C=C/C/C=C/CCCCCCCC(=O)O[C@@H](COC(=O)CCCCCCCCC/C=C/CCCCCCCC)COC(=O)CCCCCCCCCCCCCCCCC. The molecule has 0 aliphatic carbocycles. The van der Waals surface area contributed by atoms with Crippen LogP contribution in [0.2, 0.25) is 0 Å². The normalized spacial score (nSPS) is 12.4. The standard InChI is InChI=1S/C59H106O6/c1-4-7-10-13-16-19-22-25-28-29-32-34-37-40-43-46-49-52-58(61)64-55-56(65-59(62)53-50-47-44-41-38-35-31-27-24-21-18-15-12-9-6-3)54-63-57(60)51-48-45-42-39-36-33-30-26-23-20-17-14-11-8-5-2/h9,12,18,21,25,27-28,31,56H,4-8,10-11,13-17,19-20,22-24,26,29-30,32-55H2,1-3H3/b12-9+,21-18+,28-25+,31-27+/t56-/m1/s1. The van der Waals surface area contributed by atoms with Gasteiger partial charge in [0.2, 0.25) is 0 Å². The Hall–Kier alpha value is -2.63. The summed E-state index contributed by atoms with van der Waals surface area (Å²) in [6, 6.07) is 0. The van der Waals surface area contributed by atoms with Crippen molar-refractivity contribution in [3.8, 4) is 0 Å². The number of carbonyl (C=O) groups excluding carboxylic acids is 3. The fourth-order valence-electron chi connectivity index (χ4n) is 8.10. The van der Waals surface area contributed by atoms with Crippen LogP contribution in [0.15, 0.2) is 48.6 Å². The zero-order valence-electron chi connectivity index (χ0n) is 43.3. The van der Waals surface area contributed by atoms with Gasteiger partial charge in [0, 0.05) is 19.3 Å². The van der Waals surface area contributed by atoms with Crippen LogP contribution < -0.4 is 0 Å². The summed E-state index contributed by atoms with van der Waals surface area (Å²) in [5.74, 6) is -0.887. The van der Waals surface area contributed by atoms with Gasteiger partial charge in [-0.25, -0.2) is 0 Å². The van der Waals surface area contributed by atoms with Crippen LogP contribution in [0.3, 0.4) is 0 Å². The minimum absolute atomic E-state index is 0.0786. The first-order valence-corrected chi connectivity index (χ1v) is 28.1. The van der Waals surface area contributed by atoms with Gasteiger partial charge in [0.1, 0.15) is 13.2 Å². The van der Waals surface area contributed by atoms with Crippen molar-refractivity contribution in [3.05, 3.63) is 48.6 Å². The van der Waals surface area contributed by atoms with Crippen molar-refractivity contribution in [2.75, 3.05) is 13.2 Å². The van der Waals surface area contributed by atoms with E-state index in [9.17, 15) is 14.4 Å². The van der Waals surface area contributed by atoms with Gasteiger partial charge in [-0.1, -0.05) is 243 Å². The van der Waals surface area contributed by atoms with Crippen LogP contribution >= 0.6 is 0 Å². The Labute approximate surface area is 403 Å². The molecule has 0 N–H and O–H groups in total. The van der Waals surface area contributed by atoms with Crippen LogP contribution in [0.1, 0.15) is 290 Å². The number of esters is 3. The van der Waals surface area contributed by atoms with E-state index in [0.717, 1.165) is 96.3 Å². The lowest BCUT2D eigenvalue weighted by atomic mass is 10.0. The van der Waals surface area contributed by atoms with Crippen molar-refractivity contribution in [1.29, 1.82) is 0 Å². The lowest BCUT2D eigenvalue weighted by molar-refractivity contribution is -0.167. The molecular formula is C59H106O6. The van der Waals surface area contributed by atoms with E-state index in [-0.39, 0.29) is 31.1 Å². The Kier molecular flexibility index (Phi) is 51.8. The van der Waals surface area contributed by atoms with Crippen LogP contribution in [-0.2, 0) is 28.6 Å². The third-order valence-corrected chi connectivity index (χ3v) is 12.3. The van der Waals surface area contributed by atoms with Crippen molar-refractivity contribution >= 4 is 17.9 Å². The second kappa shape index (κ2) is 54.0. The number of hydrogen-bond donors (Lipinski definition) is 0. The molecule has 1 atom stereocenters. The maximum absolute atomic E-state index is 12.8. The van der Waals surface area contributed by atoms with Gasteiger partial charge in [-0.3, -0.25) is 14.4 Å². The lowest BCUT2D eigenvalue weighted by Crippen LogP contribution is -2.30. The van der Waals surface area contributed by atoms with Crippen molar-refractivity contribution in [3.63, 3.8) is 0 Å². The molecule has 0 aliphatic rings. The molecule has 0 aromatic rings. The largest absolute Gasteiger partial charge is 0.462 e. The highest BCUT2D eigenvalue weighted by Gasteiger charge is 2.19. The molecule has 6 nitrogen and oxygen atoms in total. The van der Waals surface area contributed by atoms with E-state index in [1.165, 1.54) is 154 Å². The van der Waals surface area contributed by atoms with Crippen LogP contribution in [0, 0.1) is 0 Å². The molecule has 0 spiro atoms. The first kappa shape index (κ1) is 62.4. The van der Waals surface area contributed by atoms with Gasteiger partial charge in [0.05, 0.1) is 0 Å². The summed E-state index contributed by atoms with van der Waals surface area (Å²) in [6.45, 7) is 6.54. The smallest absolute Gasteiger partial charge is 0.306 e. The minimum Gasteiger partial charge on any atom is -0.462 e. The van der Waals surface area contributed by atoms with Crippen molar-refractivity contribution in [1.82, 2.24) is 0 Å². The number of carbonyl (C=O) groups is 3. The summed E-state index contributed by atoms with van der Waals surface area (Å²) in [5.41, 5.74) is 0. The van der Waals surface area contributed by atoms with Crippen LogP contribution in [0.25, 0.3) is 0 Å². The number of ether oxygens (including phenoxy) is 3. The summed E-state index contributed by atoms with van der Waals surface area (Å²) in [4.78, 5) is 38.1. The van der Waals surface area contributed by atoms with Gasteiger partial charge in [0.15, 0.2) is 6.10 Å². The molecule has 0 rings (SSSR count). The second-order valence-electron chi connectivity index (χ2n) is 18.8. The lowest BCUT2D eigenvalue weighted by Gasteiger charge is -2.18. The van der Waals surface area contributed by atoms with Crippen molar-refractivity contribution < 1.29 is 28.6 Å². The monoisotopic (exact) mass is 911 g/mol. The van der Waals surface area contributed by atoms with Gasteiger partial charge in [-0.05, 0) is 77.0 Å². The molecular weight excluding hydrogens is 805 g/mol. The van der Waals surface area contributed by atoms with E-state index < -0.39 is 6.10 Å². The fraction of sp³-hybridized carbons (Fsp3) is 0.814. The molecule has 0 aromatic carbocycles. The molecule has 0 heterocycles. The fourth-order valence-corrected chi connectivity index (χ4v) is 8.10. The van der Waals surface area contributed by atoms with Gasteiger partial charge in [-0.15, -0.1) is 0 Å². The van der Waals surface area contributed by atoms with E-state index in [1.54, 1.807) is 0 Å². The maximum Gasteiger partial charge on any atom is 0.306 e. The highest BCUT2D eigenvalue weighted by Crippen LogP contribution is 2.16. The van der Waals surface area contributed by atoms with E-state index in [2.05, 4.69) is 69.4 Å². The Bertz CT molecular complexity index is 1140. The van der Waals surface area contributed by atoms with Crippen molar-refractivity contribution in [2.24, 2.45) is 0 Å². The average molecular weight is 911 g/mol. The minimum atomic E-state index is -0.781. The molecule has 378 valence electrons. The van der Waals surface area contributed by atoms with Crippen LogP contribution in [-0.4, -0.2) is 37.2 Å². The molecule has 0 bridgehead atoms. The summed E-state index contributed by atoms with van der Waals surface area (Å²) in [7, 11) is 0. The molecule has 0 unspecified atom stereocenters. The summed E-state index contributed by atoms with van der Waals surface area (Å²) in [5, 5.41) is 0. The Balaban J connectivity index is 4.38. The highest BCUT2D eigenvalue weighted by molar-refractivity contribution is 5.71. The maximum atomic E-state index is 12.8. The molecule has 0 saturated heterocycles. The van der Waals surface area contributed by atoms with E-state index in [0.29, 0.717) is 19.3 Å². The molecule has 0 amide bonds. The first-order chi connectivity index (χ1) is 32.0. The van der Waals surface area contributed by atoms with Crippen molar-refractivity contribution in [2.45, 2.75) is 297 Å². The van der Waals surface area contributed by atoms with Gasteiger partial charge < -0.3 is 14.2 Å². The Morgan fingerprint density at radius 2 is 0.600 bits per heavy atom. The second-order valence-corrected chi connectivity index (χ2v) is 18.8. The number of hydrogen-bond acceptors (Lipinski definition) is 6. The zero-order valence-corrected chi connectivity index (χ0v) is 43.3. The third-order valence-electron chi connectivity index (χ3n) is 12.3. The summed E-state index contributed by atoms with van der Waals surface area (Å²) >= 11 is 0. The Morgan fingerprint density at radius 3 is 0.954 bits per heavy atom. The molecule has 0 saturated carbocycles. The molecule has 0 fully saturated rings. The molecule has 0 aliphatic heterocycles. The number of allylic oxidation sites excluding steroid dienone is 8. The van der Waals surface area contributed by atoms with E-state index in [1.807, 2.05) is 0 Å². The molecule has 65 heavy (non-hydrogen) atoms. The molecule has 0 aromatic heterocycles. The average Bonchev–Trinajstić information content (AvgIpc) is 3.30. The third kappa shape index (κ3) is 52.2. The van der Waals surface area contributed by atoms with Crippen LogP contribution in [0.5, 0.6) is 0 Å². The van der Waals surface area contributed by atoms with Gasteiger partial charge in [-0.2, -0.15) is 0 Å². The van der Waals surface area contributed by atoms with Crippen LogP contribution in [0.4, 0.5) is 0 Å². The topological polar surface area (TPSA) is 78.9 Å². The van der Waals surface area contributed by atoms with E-state index in [4.69, 9.17) is 14.2 Å². The highest BCUT2D eigenvalue weighted by atomic mass is 16.6. The van der Waals surface area contributed by atoms with Gasteiger partial charge in [0.25, 0.3) is 0 Å². The predicted octanol–water partition coefficient (Wildman–Crippen LogP) is 18.7. The molecule has 6 heteroatoms. The molecule has 0 radical (unpaired) electrons. The number of unbranched alkanes of at least 4 members (excludes halogenated alkanes) is 32. The predicted molar refractivity (Wildman–Crippen MR) is 279 cm³/mol. The first-order valence-electron chi connectivity index (χ1n) is 28.1. The number of rotatable bonds is 51.